The second kappa shape index (κ2) is 8.37. The van der Waals surface area contributed by atoms with E-state index >= 15 is 0 Å². The van der Waals surface area contributed by atoms with Crippen molar-refractivity contribution in [2.75, 3.05) is 10.6 Å². The van der Waals surface area contributed by atoms with Crippen LogP contribution >= 0.6 is 11.6 Å². The summed E-state index contributed by atoms with van der Waals surface area (Å²) in [4.78, 5) is 35.9. The molecule has 0 saturated carbocycles. The van der Waals surface area contributed by atoms with Crippen molar-refractivity contribution >= 4 is 40.8 Å². The Labute approximate surface area is 165 Å². The monoisotopic (exact) mass is 393 g/mol. The zero-order valence-corrected chi connectivity index (χ0v) is 15.2. The minimum atomic E-state index is -1.30. The van der Waals surface area contributed by atoms with Gasteiger partial charge < -0.3 is 20.5 Å². The highest BCUT2D eigenvalue weighted by atomic mass is 35.5. The van der Waals surface area contributed by atoms with E-state index < -0.39 is 17.8 Å². The third-order valence-electron chi connectivity index (χ3n) is 3.92. The molecule has 2 N–H and O–H groups in total. The van der Waals surface area contributed by atoms with Gasteiger partial charge in [0.25, 0.3) is 11.8 Å². The third kappa shape index (κ3) is 4.36. The zero-order valence-electron chi connectivity index (χ0n) is 14.4. The number of carboxylic acids is 1. The average molecular weight is 394 g/mol. The van der Waals surface area contributed by atoms with Crippen molar-refractivity contribution in [3.8, 4) is 0 Å². The van der Waals surface area contributed by atoms with E-state index in [1.165, 1.54) is 24.3 Å². The van der Waals surface area contributed by atoms with Crippen LogP contribution in [0.1, 0.15) is 31.1 Å². The average Bonchev–Trinajstić information content (AvgIpc) is 2.69. The predicted molar refractivity (Wildman–Crippen MR) is 105 cm³/mol. The van der Waals surface area contributed by atoms with Crippen LogP contribution in [0.2, 0.25) is 5.02 Å². The molecule has 0 radical (unpaired) electrons. The minimum absolute atomic E-state index is 0.00500. The summed E-state index contributed by atoms with van der Waals surface area (Å²) in [7, 11) is 0. The number of rotatable bonds is 5. The second-order valence-corrected chi connectivity index (χ2v) is 6.21. The topological polar surface area (TPSA) is 98.3 Å². The number of nitrogens with one attached hydrogen (secondary N) is 2. The Kier molecular flexibility index (Phi) is 5.72. The Morgan fingerprint density at radius 2 is 1.29 bits per heavy atom. The van der Waals surface area contributed by atoms with Crippen LogP contribution in [0, 0.1) is 0 Å². The van der Waals surface area contributed by atoms with Crippen LogP contribution in [-0.2, 0) is 0 Å². The van der Waals surface area contributed by atoms with Crippen LogP contribution in [0.15, 0.2) is 72.8 Å². The SMILES string of the molecule is O=C([O-])c1ccc(NC(=O)c2ccccc2NC(=O)c2ccccc2Cl)cc1. The molecule has 7 heteroatoms. The normalized spacial score (nSPS) is 10.2. The maximum absolute atomic E-state index is 12.6. The van der Waals surface area contributed by atoms with Gasteiger partial charge in [0.15, 0.2) is 0 Å². The molecule has 0 aliphatic carbocycles. The molecular weight excluding hydrogens is 380 g/mol. The van der Waals surface area contributed by atoms with Crippen molar-refractivity contribution < 1.29 is 19.5 Å². The molecule has 0 aliphatic rings. The number of carbonyl (C=O) groups excluding carboxylic acids is 3. The lowest BCUT2D eigenvalue weighted by Crippen LogP contribution is -2.22. The maximum atomic E-state index is 12.6. The van der Waals surface area contributed by atoms with Gasteiger partial charge in [-0.1, -0.05) is 48.0 Å². The van der Waals surface area contributed by atoms with Gasteiger partial charge in [-0.25, -0.2) is 0 Å². The molecule has 0 fully saturated rings. The molecule has 0 aliphatic heterocycles. The van der Waals surface area contributed by atoms with E-state index in [9.17, 15) is 19.5 Å². The molecule has 6 nitrogen and oxygen atoms in total. The standard InChI is InChI=1S/C21H15ClN2O4/c22-17-7-3-1-5-15(17)19(25)24-18-8-4-2-6-16(18)20(26)23-14-11-9-13(10-12-14)21(27)28/h1-12H,(H,23,26)(H,24,25)(H,27,28)/p-1. The van der Waals surface area contributed by atoms with Gasteiger partial charge in [-0.3, -0.25) is 9.59 Å². The summed E-state index contributed by atoms with van der Waals surface area (Å²) in [5.74, 6) is -2.20. The highest BCUT2D eigenvalue weighted by molar-refractivity contribution is 6.34. The van der Waals surface area contributed by atoms with Crippen molar-refractivity contribution in [1.82, 2.24) is 0 Å². The number of amides is 2. The third-order valence-corrected chi connectivity index (χ3v) is 4.25. The predicted octanol–water partition coefficient (Wildman–Crippen LogP) is 3.21. The highest BCUT2D eigenvalue weighted by Gasteiger charge is 2.15. The number of halogens is 1. The van der Waals surface area contributed by atoms with E-state index in [0.717, 1.165) is 0 Å². The van der Waals surface area contributed by atoms with Crippen LogP contribution in [0.3, 0.4) is 0 Å². The quantitative estimate of drug-likeness (QED) is 0.695. The van der Waals surface area contributed by atoms with Crippen LogP contribution < -0.4 is 15.7 Å². The van der Waals surface area contributed by atoms with Crippen LogP contribution in [-0.4, -0.2) is 17.8 Å². The van der Waals surface area contributed by atoms with E-state index in [2.05, 4.69) is 10.6 Å². The second-order valence-electron chi connectivity index (χ2n) is 5.80. The Morgan fingerprint density at radius 1 is 0.714 bits per heavy atom. The number of para-hydroxylation sites is 1. The van der Waals surface area contributed by atoms with Gasteiger partial charge in [-0.2, -0.15) is 0 Å². The van der Waals surface area contributed by atoms with Crippen molar-refractivity contribution in [2.24, 2.45) is 0 Å². The molecule has 3 aromatic carbocycles. The summed E-state index contributed by atoms with van der Waals surface area (Å²) in [6.45, 7) is 0. The largest absolute Gasteiger partial charge is 0.545 e. The Balaban J connectivity index is 1.79. The summed E-state index contributed by atoms with van der Waals surface area (Å²) in [6, 6.07) is 18.7. The maximum Gasteiger partial charge on any atom is 0.257 e. The van der Waals surface area contributed by atoms with Crippen molar-refractivity contribution in [3.05, 3.63) is 94.5 Å². The Hall–Kier alpha value is -3.64. The molecule has 3 rings (SSSR count). The molecule has 28 heavy (non-hydrogen) atoms. The molecule has 140 valence electrons. The lowest BCUT2D eigenvalue weighted by Gasteiger charge is -2.12. The first-order valence-electron chi connectivity index (χ1n) is 8.23. The van der Waals surface area contributed by atoms with E-state index in [4.69, 9.17) is 11.6 Å². The highest BCUT2D eigenvalue weighted by Crippen LogP contribution is 2.21. The molecular formula is C21H14ClN2O4-. The van der Waals surface area contributed by atoms with Gasteiger partial charge in [-0.15, -0.1) is 0 Å². The number of anilines is 2. The summed E-state index contributed by atoms with van der Waals surface area (Å²) >= 11 is 6.04. The molecule has 0 bridgehead atoms. The fourth-order valence-electron chi connectivity index (χ4n) is 2.51. The Morgan fingerprint density at radius 3 is 1.93 bits per heavy atom. The Bertz CT molecular complexity index is 1050. The van der Waals surface area contributed by atoms with Gasteiger partial charge in [0.1, 0.15) is 0 Å². The molecule has 0 unspecified atom stereocenters. The summed E-state index contributed by atoms with van der Waals surface area (Å²) in [6.07, 6.45) is 0. The fraction of sp³-hybridized carbons (Fsp3) is 0. The molecule has 0 saturated heterocycles. The van der Waals surface area contributed by atoms with Crippen molar-refractivity contribution in [3.63, 3.8) is 0 Å². The molecule has 0 spiro atoms. The van der Waals surface area contributed by atoms with E-state index in [1.807, 2.05) is 0 Å². The number of benzene rings is 3. The van der Waals surface area contributed by atoms with E-state index in [0.29, 0.717) is 16.4 Å². The first-order valence-corrected chi connectivity index (χ1v) is 8.61. The van der Waals surface area contributed by atoms with Gasteiger partial charge in [0, 0.05) is 5.69 Å². The van der Waals surface area contributed by atoms with E-state index in [-0.39, 0.29) is 16.7 Å². The van der Waals surface area contributed by atoms with Gasteiger partial charge in [0.05, 0.1) is 27.8 Å². The van der Waals surface area contributed by atoms with Crippen LogP contribution in [0.4, 0.5) is 11.4 Å². The number of aromatic carboxylic acids is 1. The van der Waals surface area contributed by atoms with Gasteiger partial charge in [0.2, 0.25) is 0 Å². The molecule has 2 amide bonds. The summed E-state index contributed by atoms with van der Waals surface area (Å²) in [5, 5.41) is 16.4. The summed E-state index contributed by atoms with van der Waals surface area (Å²) < 4.78 is 0. The minimum Gasteiger partial charge on any atom is -0.545 e. The van der Waals surface area contributed by atoms with Gasteiger partial charge in [-0.05, 0) is 42.0 Å². The number of carboxylic acid groups (broad SMARTS) is 1. The van der Waals surface area contributed by atoms with Crippen LogP contribution in [0.5, 0.6) is 0 Å². The first-order chi connectivity index (χ1) is 13.5. The smallest absolute Gasteiger partial charge is 0.257 e. The van der Waals surface area contributed by atoms with E-state index in [1.54, 1.807) is 48.5 Å². The molecule has 0 aromatic heterocycles. The lowest BCUT2D eigenvalue weighted by molar-refractivity contribution is -0.255. The first kappa shape index (κ1) is 19.1. The van der Waals surface area contributed by atoms with Crippen LogP contribution in [0.25, 0.3) is 0 Å². The van der Waals surface area contributed by atoms with Crippen molar-refractivity contribution in [2.45, 2.75) is 0 Å². The number of hydrogen-bond donors (Lipinski definition) is 2. The number of carbonyl (C=O) groups is 3. The lowest BCUT2D eigenvalue weighted by atomic mass is 10.1. The molecule has 3 aromatic rings. The fourth-order valence-corrected chi connectivity index (χ4v) is 2.73. The zero-order chi connectivity index (χ0) is 20.1. The summed E-state index contributed by atoms with van der Waals surface area (Å²) in [5.41, 5.74) is 1.26. The van der Waals surface area contributed by atoms with Gasteiger partial charge >= 0.3 is 0 Å². The molecule has 0 heterocycles. The number of hydrogen-bond acceptors (Lipinski definition) is 4. The molecule has 0 atom stereocenters. The van der Waals surface area contributed by atoms with Crippen molar-refractivity contribution in [1.29, 1.82) is 0 Å².